The van der Waals surface area contributed by atoms with Crippen LogP contribution in [-0.4, -0.2) is 30.1 Å². The molecule has 2 heterocycles. The smallest absolute Gasteiger partial charge is 0.325 e. The summed E-state index contributed by atoms with van der Waals surface area (Å²) in [5.74, 6) is 0.834. The molecule has 1 saturated heterocycles. The highest BCUT2D eigenvalue weighted by Gasteiger charge is 2.53. The number of halogens is 1. The Labute approximate surface area is 167 Å². The predicted molar refractivity (Wildman–Crippen MR) is 103 cm³/mol. The second-order valence-electron chi connectivity index (χ2n) is 7.34. The van der Waals surface area contributed by atoms with Crippen LogP contribution in [0.5, 0.6) is 11.5 Å². The average Bonchev–Trinajstić information content (AvgIpc) is 2.93. The third-order valence-electron chi connectivity index (χ3n) is 5.65. The highest BCUT2D eigenvalue weighted by molar-refractivity contribution is 6.32. The van der Waals surface area contributed by atoms with Crippen LogP contribution in [0.3, 0.4) is 0 Å². The molecule has 3 amide bonds. The van der Waals surface area contributed by atoms with E-state index < -0.39 is 5.54 Å². The van der Waals surface area contributed by atoms with E-state index in [1.807, 2.05) is 24.3 Å². The van der Waals surface area contributed by atoms with Crippen LogP contribution in [0.15, 0.2) is 36.4 Å². The summed E-state index contributed by atoms with van der Waals surface area (Å²) in [6, 6.07) is 11.0. The van der Waals surface area contributed by atoms with E-state index in [1.54, 1.807) is 12.1 Å². The molecule has 0 radical (unpaired) electrons. The summed E-state index contributed by atoms with van der Waals surface area (Å²) in [5, 5.41) is 3.38. The number of hydrogen-bond donors (Lipinski definition) is 1. The van der Waals surface area contributed by atoms with Crippen LogP contribution in [-0.2, 0) is 23.3 Å². The van der Waals surface area contributed by atoms with Crippen molar-refractivity contribution in [2.45, 2.75) is 31.3 Å². The SMILES string of the molecule is O=C1N[C@]2(CCCc3ccccc32)C(=O)N1Cc1cc(Cl)c2c(c1)OCCO2. The summed E-state index contributed by atoms with van der Waals surface area (Å²) in [6.45, 7) is 1.02. The van der Waals surface area contributed by atoms with Gasteiger partial charge in [-0.3, -0.25) is 9.69 Å². The molecule has 6 nitrogen and oxygen atoms in total. The Hall–Kier alpha value is -2.73. The third-order valence-corrected chi connectivity index (χ3v) is 5.93. The van der Waals surface area contributed by atoms with Crippen LogP contribution >= 0.6 is 11.6 Å². The molecule has 2 aliphatic heterocycles. The second-order valence-corrected chi connectivity index (χ2v) is 7.75. The lowest BCUT2D eigenvalue weighted by Crippen LogP contribution is -2.46. The van der Waals surface area contributed by atoms with Crippen molar-refractivity contribution in [2.24, 2.45) is 0 Å². The number of ether oxygens (including phenoxy) is 2. The number of imide groups is 1. The predicted octanol–water partition coefficient (Wildman–Crippen LogP) is 3.39. The topological polar surface area (TPSA) is 67.9 Å². The monoisotopic (exact) mass is 398 g/mol. The summed E-state index contributed by atoms with van der Waals surface area (Å²) >= 11 is 6.31. The zero-order valence-electron chi connectivity index (χ0n) is 15.2. The second kappa shape index (κ2) is 6.41. The minimum Gasteiger partial charge on any atom is -0.486 e. The zero-order chi connectivity index (χ0) is 19.3. The van der Waals surface area contributed by atoms with Crippen molar-refractivity contribution in [3.63, 3.8) is 0 Å². The molecule has 1 atom stereocenters. The van der Waals surface area contributed by atoms with E-state index in [0.29, 0.717) is 36.2 Å². The van der Waals surface area contributed by atoms with Gasteiger partial charge in [0.1, 0.15) is 18.8 Å². The Morgan fingerprint density at radius 3 is 2.86 bits per heavy atom. The first-order valence-electron chi connectivity index (χ1n) is 9.39. The number of hydrogen-bond acceptors (Lipinski definition) is 4. The van der Waals surface area contributed by atoms with Gasteiger partial charge < -0.3 is 14.8 Å². The Balaban J connectivity index is 1.48. The van der Waals surface area contributed by atoms with E-state index in [1.165, 1.54) is 4.90 Å². The van der Waals surface area contributed by atoms with Gasteiger partial charge in [0.25, 0.3) is 5.91 Å². The summed E-state index contributed by atoms with van der Waals surface area (Å²) in [6.07, 6.45) is 2.37. The van der Waals surface area contributed by atoms with Gasteiger partial charge in [-0.2, -0.15) is 0 Å². The molecule has 2 aromatic rings. The fraction of sp³-hybridized carbons (Fsp3) is 0.333. The van der Waals surface area contributed by atoms with Crippen molar-refractivity contribution in [2.75, 3.05) is 13.2 Å². The number of urea groups is 1. The molecular formula is C21H19ClN2O4. The lowest BCUT2D eigenvalue weighted by atomic mass is 9.76. The first kappa shape index (κ1) is 17.4. The molecule has 1 N–H and O–H groups in total. The molecule has 5 rings (SSSR count). The van der Waals surface area contributed by atoms with Gasteiger partial charge in [-0.05, 0) is 48.1 Å². The normalized spacial score (nSPS) is 23.0. The highest BCUT2D eigenvalue weighted by atomic mass is 35.5. The molecule has 144 valence electrons. The van der Waals surface area contributed by atoms with Gasteiger partial charge in [-0.1, -0.05) is 35.9 Å². The lowest BCUT2D eigenvalue weighted by Gasteiger charge is -2.33. The molecule has 0 bridgehead atoms. The van der Waals surface area contributed by atoms with Crippen LogP contribution in [0.4, 0.5) is 4.79 Å². The number of carbonyl (C=O) groups is 2. The number of rotatable bonds is 2. The van der Waals surface area contributed by atoms with E-state index in [9.17, 15) is 9.59 Å². The van der Waals surface area contributed by atoms with E-state index in [2.05, 4.69) is 5.32 Å². The number of nitrogens with one attached hydrogen (secondary N) is 1. The van der Waals surface area contributed by atoms with Crippen molar-refractivity contribution < 1.29 is 19.1 Å². The summed E-state index contributed by atoms with van der Waals surface area (Å²) in [7, 11) is 0. The van der Waals surface area contributed by atoms with Crippen LogP contribution in [0.1, 0.15) is 29.5 Å². The summed E-state index contributed by atoms with van der Waals surface area (Å²) < 4.78 is 11.1. The quantitative estimate of drug-likeness (QED) is 0.787. The average molecular weight is 399 g/mol. The van der Waals surface area contributed by atoms with Crippen molar-refractivity contribution in [3.05, 3.63) is 58.1 Å². The van der Waals surface area contributed by atoms with Crippen molar-refractivity contribution >= 4 is 23.5 Å². The van der Waals surface area contributed by atoms with Crippen molar-refractivity contribution in [3.8, 4) is 11.5 Å². The Morgan fingerprint density at radius 2 is 1.96 bits per heavy atom. The zero-order valence-corrected chi connectivity index (χ0v) is 15.9. The van der Waals surface area contributed by atoms with Gasteiger partial charge in [-0.25, -0.2) is 4.79 Å². The lowest BCUT2D eigenvalue weighted by molar-refractivity contribution is -0.132. The largest absolute Gasteiger partial charge is 0.486 e. The first-order valence-corrected chi connectivity index (χ1v) is 9.77. The molecule has 0 aromatic heterocycles. The molecule has 0 saturated carbocycles. The minimum absolute atomic E-state index is 0.130. The van der Waals surface area contributed by atoms with E-state index in [-0.39, 0.29) is 18.5 Å². The van der Waals surface area contributed by atoms with Gasteiger partial charge in [0, 0.05) is 0 Å². The number of fused-ring (bicyclic) bond motifs is 3. The molecular weight excluding hydrogens is 380 g/mol. The highest BCUT2D eigenvalue weighted by Crippen LogP contribution is 2.42. The van der Waals surface area contributed by atoms with Crippen LogP contribution in [0.2, 0.25) is 5.02 Å². The maximum absolute atomic E-state index is 13.4. The Morgan fingerprint density at radius 1 is 1.14 bits per heavy atom. The number of carbonyl (C=O) groups excluding carboxylic acids is 2. The van der Waals surface area contributed by atoms with Crippen LogP contribution < -0.4 is 14.8 Å². The molecule has 3 aliphatic rings. The van der Waals surface area contributed by atoms with E-state index >= 15 is 0 Å². The number of benzene rings is 2. The van der Waals surface area contributed by atoms with Gasteiger partial charge in [-0.15, -0.1) is 0 Å². The van der Waals surface area contributed by atoms with Gasteiger partial charge >= 0.3 is 6.03 Å². The Kier molecular flexibility index (Phi) is 3.98. The summed E-state index contributed by atoms with van der Waals surface area (Å²) in [5.41, 5.74) is 1.77. The minimum atomic E-state index is -0.969. The standard InChI is InChI=1S/C21H19ClN2O4/c22-16-10-13(11-17-18(16)28-9-8-27-17)12-24-19(25)21(23-20(24)26)7-3-5-14-4-1-2-6-15(14)21/h1-2,4,6,10-11H,3,5,7-9,12H2,(H,23,26)/t21-/m0/s1. The molecule has 1 fully saturated rings. The molecule has 0 unspecified atom stereocenters. The fourth-order valence-electron chi connectivity index (χ4n) is 4.39. The van der Waals surface area contributed by atoms with Gasteiger partial charge in [0.2, 0.25) is 0 Å². The van der Waals surface area contributed by atoms with Crippen molar-refractivity contribution in [1.82, 2.24) is 10.2 Å². The number of aryl methyl sites for hydroxylation is 1. The first-order chi connectivity index (χ1) is 13.6. The maximum atomic E-state index is 13.4. The summed E-state index contributed by atoms with van der Waals surface area (Å²) in [4.78, 5) is 27.4. The molecule has 1 spiro atoms. The Bertz CT molecular complexity index is 992. The third kappa shape index (κ3) is 2.55. The maximum Gasteiger partial charge on any atom is 0.325 e. The molecule has 7 heteroatoms. The van der Waals surface area contributed by atoms with Gasteiger partial charge in [0.05, 0.1) is 11.6 Å². The van der Waals surface area contributed by atoms with E-state index in [4.69, 9.17) is 21.1 Å². The van der Waals surface area contributed by atoms with E-state index in [0.717, 1.165) is 29.5 Å². The molecule has 28 heavy (non-hydrogen) atoms. The van der Waals surface area contributed by atoms with Gasteiger partial charge in [0.15, 0.2) is 11.5 Å². The van der Waals surface area contributed by atoms with Crippen LogP contribution in [0.25, 0.3) is 0 Å². The number of amides is 3. The van der Waals surface area contributed by atoms with Crippen LogP contribution in [0, 0.1) is 0 Å². The molecule has 2 aromatic carbocycles. The van der Waals surface area contributed by atoms with Crippen molar-refractivity contribution in [1.29, 1.82) is 0 Å². The fourth-order valence-corrected chi connectivity index (χ4v) is 4.68. The molecule has 1 aliphatic carbocycles. The number of nitrogens with zero attached hydrogens (tertiary/aromatic N) is 1.